The van der Waals surface area contributed by atoms with Gasteiger partial charge in [0.05, 0.1) is 7.11 Å². The van der Waals surface area contributed by atoms with E-state index < -0.39 is 18.0 Å². The van der Waals surface area contributed by atoms with Crippen LogP contribution in [0.2, 0.25) is 0 Å². The molecule has 0 aliphatic heterocycles. The fraction of sp³-hybridized carbons (Fsp3) is 0.429. The zero-order valence-electron chi connectivity index (χ0n) is 12.1. The van der Waals surface area contributed by atoms with Crippen molar-refractivity contribution in [3.63, 3.8) is 0 Å². The Labute approximate surface area is 123 Å². The van der Waals surface area contributed by atoms with Crippen LogP contribution in [0.4, 0.5) is 4.79 Å². The molecule has 0 aromatic heterocycles. The Hall–Kier alpha value is -2.28. The first-order chi connectivity index (χ1) is 9.97. The van der Waals surface area contributed by atoms with Crippen LogP contribution in [0.15, 0.2) is 24.3 Å². The minimum absolute atomic E-state index is 0.0337. The van der Waals surface area contributed by atoms with Crippen LogP contribution in [0.1, 0.15) is 12.0 Å². The number of carbonyl (C=O) groups is 2. The number of ether oxygens (including phenoxy) is 1. The van der Waals surface area contributed by atoms with Crippen molar-refractivity contribution in [2.75, 3.05) is 20.8 Å². The second-order valence-corrected chi connectivity index (χ2v) is 4.56. The van der Waals surface area contributed by atoms with E-state index in [4.69, 9.17) is 14.9 Å². The van der Waals surface area contributed by atoms with Crippen LogP contribution in [0.5, 0.6) is 5.75 Å². The fourth-order valence-electron chi connectivity index (χ4n) is 1.76. The average Bonchev–Trinajstić information content (AvgIpc) is 2.46. The van der Waals surface area contributed by atoms with E-state index in [1.54, 1.807) is 26.3 Å². The first-order valence-corrected chi connectivity index (χ1v) is 6.46. The lowest BCUT2D eigenvalue weighted by Crippen LogP contribution is -2.46. The van der Waals surface area contributed by atoms with E-state index in [0.717, 1.165) is 5.56 Å². The first kappa shape index (κ1) is 16.8. The summed E-state index contributed by atoms with van der Waals surface area (Å²) in [6.45, 7) is 0.00530. The standard InChI is InChI=1S/C14H20N2O5/c1-16(9-10-4-3-5-11(8-10)21-2)14(20)15-12(6-7-17)13(18)19/h3-5,8,12,17H,6-7,9H2,1-2H3,(H,15,20)(H,18,19)/t12-/m0/s1. The number of hydrogen-bond acceptors (Lipinski definition) is 4. The van der Waals surface area contributed by atoms with Crippen molar-refractivity contribution in [2.24, 2.45) is 0 Å². The van der Waals surface area contributed by atoms with Gasteiger partial charge in [0.1, 0.15) is 11.8 Å². The van der Waals surface area contributed by atoms with Crippen LogP contribution < -0.4 is 10.1 Å². The molecule has 0 aliphatic rings. The summed E-state index contributed by atoms with van der Waals surface area (Å²) in [7, 11) is 3.12. The minimum atomic E-state index is -1.17. The summed E-state index contributed by atoms with van der Waals surface area (Å²) >= 11 is 0. The smallest absolute Gasteiger partial charge is 0.326 e. The lowest BCUT2D eigenvalue weighted by Gasteiger charge is -2.21. The van der Waals surface area contributed by atoms with Crippen molar-refractivity contribution in [2.45, 2.75) is 19.0 Å². The predicted molar refractivity (Wildman–Crippen MR) is 76.1 cm³/mol. The third-order valence-corrected chi connectivity index (χ3v) is 2.91. The molecule has 0 unspecified atom stereocenters. The molecule has 1 aromatic rings. The topological polar surface area (TPSA) is 99.1 Å². The van der Waals surface area contributed by atoms with E-state index in [0.29, 0.717) is 12.3 Å². The number of nitrogens with one attached hydrogen (secondary N) is 1. The van der Waals surface area contributed by atoms with Crippen LogP contribution in [-0.4, -0.2) is 53.9 Å². The van der Waals surface area contributed by atoms with E-state index in [1.807, 2.05) is 12.1 Å². The van der Waals surface area contributed by atoms with Gasteiger partial charge in [0.2, 0.25) is 0 Å². The molecule has 0 fully saturated rings. The molecule has 3 N–H and O–H groups in total. The molecule has 7 heteroatoms. The molecule has 0 radical (unpaired) electrons. The number of aliphatic hydroxyl groups is 1. The van der Waals surface area contributed by atoms with Crippen molar-refractivity contribution < 1.29 is 24.5 Å². The SMILES string of the molecule is COc1cccc(CN(C)C(=O)N[C@@H](CCO)C(=O)O)c1. The van der Waals surface area contributed by atoms with Crippen LogP contribution in [0.25, 0.3) is 0 Å². The number of carboxylic acids is 1. The van der Waals surface area contributed by atoms with Gasteiger partial charge in [-0.05, 0) is 17.7 Å². The maximum absolute atomic E-state index is 11.9. The van der Waals surface area contributed by atoms with Gasteiger partial charge < -0.3 is 25.2 Å². The minimum Gasteiger partial charge on any atom is -0.497 e. The summed E-state index contributed by atoms with van der Waals surface area (Å²) in [6.07, 6.45) is -0.0337. The highest BCUT2D eigenvalue weighted by Gasteiger charge is 2.21. The maximum Gasteiger partial charge on any atom is 0.326 e. The Kier molecular flexibility index (Phi) is 6.48. The van der Waals surface area contributed by atoms with Gasteiger partial charge in [-0.3, -0.25) is 0 Å². The number of aliphatic carboxylic acids is 1. The number of amides is 2. The van der Waals surface area contributed by atoms with Gasteiger partial charge in [-0.25, -0.2) is 9.59 Å². The van der Waals surface area contributed by atoms with E-state index in [2.05, 4.69) is 5.32 Å². The molecule has 1 rings (SSSR count). The number of carbonyl (C=O) groups excluding carboxylic acids is 1. The molecule has 116 valence electrons. The average molecular weight is 296 g/mol. The van der Waals surface area contributed by atoms with Gasteiger partial charge >= 0.3 is 12.0 Å². The number of rotatable bonds is 7. The van der Waals surface area contributed by atoms with Gasteiger partial charge in [-0.15, -0.1) is 0 Å². The van der Waals surface area contributed by atoms with Gasteiger partial charge in [-0.1, -0.05) is 12.1 Å². The van der Waals surface area contributed by atoms with E-state index in [-0.39, 0.29) is 13.0 Å². The first-order valence-electron chi connectivity index (χ1n) is 6.46. The Morgan fingerprint density at radius 1 is 1.43 bits per heavy atom. The molecular formula is C14H20N2O5. The van der Waals surface area contributed by atoms with E-state index in [9.17, 15) is 9.59 Å². The second-order valence-electron chi connectivity index (χ2n) is 4.56. The summed E-state index contributed by atoms with van der Waals surface area (Å²) in [6, 6.07) is 5.63. The summed E-state index contributed by atoms with van der Waals surface area (Å²) in [5, 5.41) is 20.1. The third kappa shape index (κ3) is 5.31. The fourth-order valence-corrected chi connectivity index (χ4v) is 1.76. The van der Waals surface area contributed by atoms with Gasteiger partial charge in [0, 0.05) is 26.6 Å². The van der Waals surface area contributed by atoms with Crippen molar-refractivity contribution in [3.8, 4) is 5.75 Å². The number of nitrogens with zero attached hydrogens (tertiary/aromatic N) is 1. The zero-order valence-corrected chi connectivity index (χ0v) is 12.1. The Balaban J connectivity index is 2.63. The Morgan fingerprint density at radius 3 is 2.71 bits per heavy atom. The Morgan fingerprint density at radius 2 is 2.14 bits per heavy atom. The predicted octanol–water partition coefficient (Wildman–Crippen LogP) is 0.672. The number of urea groups is 1. The third-order valence-electron chi connectivity index (χ3n) is 2.91. The summed E-state index contributed by atoms with van der Waals surface area (Å²) in [5.74, 6) is -0.489. The normalized spacial score (nSPS) is 11.6. The van der Waals surface area contributed by atoms with Crippen LogP contribution in [0, 0.1) is 0 Å². The summed E-state index contributed by atoms with van der Waals surface area (Å²) < 4.78 is 5.10. The van der Waals surface area contributed by atoms with E-state index >= 15 is 0 Å². The summed E-state index contributed by atoms with van der Waals surface area (Å²) in [4.78, 5) is 24.2. The quantitative estimate of drug-likeness (QED) is 0.687. The Bertz CT molecular complexity index is 492. The van der Waals surface area contributed by atoms with Crippen molar-refractivity contribution in [3.05, 3.63) is 29.8 Å². The number of benzene rings is 1. The van der Waals surface area contributed by atoms with Crippen molar-refractivity contribution in [1.29, 1.82) is 0 Å². The van der Waals surface area contributed by atoms with E-state index in [1.165, 1.54) is 4.90 Å². The second kappa shape index (κ2) is 8.11. The molecule has 7 nitrogen and oxygen atoms in total. The van der Waals surface area contributed by atoms with Crippen molar-refractivity contribution >= 4 is 12.0 Å². The molecule has 0 saturated heterocycles. The highest BCUT2D eigenvalue weighted by atomic mass is 16.5. The van der Waals surface area contributed by atoms with Crippen LogP contribution in [0.3, 0.4) is 0 Å². The highest BCUT2D eigenvalue weighted by molar-refractivity contribution is 5.82. The number of carboxylic acid groups (broad SMARTS) is 1. The number of hydrogen-bond donors (Lipinski definition) is 3. The van der Waals surface area contributed by atoms with Crippen LogP contribution in [-0.2, 0) is 11.3 Å². The molecule has 21 heavy (non-hydrogen) atoms. The molecule has 0 saturated carbocycles. The van der Waals surface area contributed by atoms with Gasteiger partial charge in [0.15, 0.2) is 0 Å². The van der Waals surface area contributed by atoms with Crippen LogP contribution >= 0.6 is 0 Å². The number of methoxy groups -OCH3 is 1. The highest BCUT2D eigenvalue weighted by Crippen LogP contribution is 2.13. The maximum atomic E-state index is 11.9. The van der Waals surface area contributed by atoms with Gasteiger partial charge in [-0.2, -0.15) is 0 Å². The molecule has 1 aromatic carbocycles. The van der Waals surface area contributed by atoms with Crippen molar-refractivity contribution in [1.82, 2.24) is 10.2 Å². The molecular weight excluding hydrogens is 276 g/mol. The monoisotopic (exact) mass is 296 g/mol. The molecule has 0 bridgehead atoms. The largest absolute Gasteiger partial charge is 0.497 e. The molecule has 1 atom stereocenters. The van der Waals surface area contributed by atoms with Gasteiger partial charge in [0.25, 0.3) is 0 Å². The molecule has 0 spiro atoms. The zero-order chi connectivity index (χ0) is 15.8. The lowest BCUT2D eigenvalue weighted by molar-refractivity contribution is -0.139. The lowest BCUT2D eigenvalue weighted by atomic mass is 10.2. The summed E-state index contributed by atoms with van der Waals surface area (Å²) in [5.41, 5.74) is 0.862. The molecule has 0 heterocycles. The molecule has 0 aliphatic carbocycles. The molecule has 2 amide bonds. The number of aliphatic hydroxyl groups excluding tert-OH is 1.